The number of piperazine rings is 1. The van der Waals surface area contributed by atoms with Gasteiger partial charge in [0.05, 0.1) is 5.75 Å². The second-order valence-electron chi connectivity index (χ2n) is 8.78. The average molecular weight is 479 g/mol. The summed E-state index contributed by atoms with van der Waals surface area (Å²) in [5.74, 6) is 2.99. The molecule has 2 aliphatic heterocycles. The van der Waals surface area contributed by atoms with Crippen LogP contribution in [0.15, 0.2) is 47.9 Å². The Labute approximate surface area is 202 Å². The highest BCUT2D eigenvalue weighted by molar-refractivity contribution is 7.99. The fraction of sp³-hybridized carbons (Fsp3) is 0.417. The molecule has 3 aliphatic rings. The number of carbonyl (C=O) groups is 1. The first-order valence-corrected chi connectivity index (χ1v) is 12.6. The van der Waals surface area contributed by atoms with Crippen molar-refractivity contribution in [3.05, 3.63) is 48.3 Å². The van der Waals surface area contributed by atoms with Gasteiger partial charge < -0.3 is 14.4 Å². The zero-order valence-electron chi connectivity index (χ0n) is 18.8. The summed E-state index contributed by atoms with van der Waals surface area (Å²) < 4.78 is 13.1. The largest absolute Gasteiger partial charge is 0.454 e. The lowest BCUT2D eigenvalue weighted by molar-refractivity contribution is -0.130. The number of pyridine rings is 1. The first-order chi connectivity index (χ1) is 16.7. The molecule has 1 aromatic carbocycles. The Morgan fingerprint density at radius 1 is 1.06 bits per heavy atom. The Hall–Kier alpha value is -3.11. The molecule has 3 aromatic rings. The number of carbonyl (C=O) groups excluding carboxylic acids is 1. The van der Waals surface area contributed by atoms with Gasteiger partial charge in [-0.05, 0) is 42.7 Å². The van der Waals surface area contributed by atoms with Gasteiger partial charge in [0.1, 0.15) is 0 Å². The summed E-state index contributed by atoms with van der Waals surface area (Å²) >= 11 is 1.49. The molecule has 4 heterocycles. The van der Waals surface area contributed by atoms with Gasteiger partial charge in [0, 0.05) is 56.7 Å². The second-order valence-corrected chi connectivity index (χ2v) is 9.72. The number of amides is 1. The van der Waals surface area contributed by atoms with Crippen molar-refractivity contribution < 1.29 is 14.3 Å². The molecule has 0 bridgehead atoms. The lowest BCUT2D eigenvalue weighted by Gasteiger charge is -2.34. The van der Waals surface area contributed by atoms with Gasteiger partial charge in [-0.25, -0.2) is 0 Å². The van der Waals surface area contributed by atoms with Crippen LogP contribution in [0.5, 0.6) is 11.5 Å². The van der Waals surface area contributed by atoms with Gasteiger partial charge in [0.2, 0.25) is 12.7 Å². The van der Waals surface area contributed by atoms with Crippen LogP contribution in [0.2, 0.25) is 0 Å². The Balaban J connectivity index is 1.03. The molecule has 0 spiro atoms. The summed E-state index contributed by atoms with van der Waals surface area (Å²) in [7, 11) is 0. The summed E-state index contributed by atoms with van der Waals surface area (Å²) in [6.45, 7) is 4.32. The molecule has 9 nitrogen and oxygen atoms in total. The smallest absolute Gasteiger partial charge is 0.233 e. The molecule has 6 rings (SSSR count). The molecule has 1 amide bonds. The summed E-state index contributed by atoms with van der Waals surface area (Å²) in [6, 6.07) is 10.4. The van der Waals surface area contributed by atoms with E-state index in [1.807, 2.05) is 35.4 Å². The summed E-state index contributed by atoms with van der Waals surface area (Å²) in [5.41, 5.74) is 2.15. The van der Waals surface area contributed by atoms with E-state index in [0.29, 0.717) is 18.6 Å². The molecule has 1 saturated carbocycles. The molecule has 2 fully saturated rings. The number of rotatable bonds is 7. The van der Waals surface area contributed by atoms with Crippen LogP contribution >= 0.6 is 11.8 Å². The Kier molecular flexibility index (Phi) is 5.84. The van der Waals surface area contributed by atoms with Crippen LogP contribution in [0.25, 0.3) is 11.4 Å². The Morgan fingerprint density at radius 2 is 1.91 bits per heavy atom. The minimum atomic E-state index is 0.154. The maximum absolute atomic E-state index is 12.9. The van der Waals surface area contributed by atoms with E-state index in [0.717, 1.165) is 73.6 Å². The van der Waals surface area contributed by atoms with E-state index in [-0.39, 0.29) is 5.91 Å². The van der Waals surface area contributed by atoms with E-state index >= 15 is 0 Å². The van der Waals surface area contributed by atoms with Crippen molar-refractivity contribution in [2.75, 3.05) is 38.7 Å². The quantitative estimate of drug-likeness (QED) is 0.479. The van der Waals surface area contributed by atoms with Gasteiger partial charge in [0.25, 0.3) is 0 Å². The van der Waals surface area contributed by atoms with E-state index in [9.17, 15) is 4.79 Å². The molecule has 0 unspecified atom stereocenters. The van der Waals surface area contributed by atoms with E-state index in [4.69, 9.17) is 9.47 Å². The van der Waals surface area contributed by atoms with Gasteiger partial charge >= 0.3 is 0 Å². The molecule has 1 aliphatic carbocycles. The van der Waals surface area contributed by atoms with Crippen LogP contribution in [-0.4, -0.2) is 74.2 Å². The van der Waals surface area contributed by atoms with Crippen molar-refractivity contribution in [3.63, 3.8) is 0 Å². The molecule has 0 atom stereocenters. The number of ether oxygens (including phenoxy) is 2. The van der Waals surface area contributed by atoms with E-state index < -0.39 is 0 Å². The average Bonchev–Trinajstić information content (AvgIpc) is 3.45. The molecular weight excluding hydrogens is 452 g/mol. The number of fused-ring (bicyclic) bond motifs is 1. The number of hydrogen-bond donors (Lipinski definition) is 0. The number of thioether (sulfide) groups is 1. The zero-order chi connectivity index (χ0) is 22.9. The summed E-state index contributed by atoms with van der Waals surface area (Å²) in [4.78, 5) is 21.5. The van der Waals surface area contributed by atoms with Crippen LogP contribution in [0.4, 0.5) is 0 Å². The van der Waals surface area contributed by atoms with Gasteiger partial charge in [-0.15, -0.1) is 10.2 Å². The minimum absolute atomic E-state index is 0.154. The molecule has 2 aromatic heterocycles. The van der Waals surface area contributed by atoms with Crippen LogP contribution in [-0.2, 0) is 11.3 Å². The van der Waals surface area contributed by atoms with Crippen LogP contribution in [0.1, 0.15) is 24.4 Å². The fourth-order valence-electron chi connectivity index (χ4n) is 4.40. The number of hydrogen-bond acceptors (Lipinski definition) is 8. The highest BCUT2D eigenvalue weighted by atomic mass is 32.2. The topological polar surface area (TPSA) is 85.6 Å². The molecule has 176 valence electrons. The van der Waals surface area contributed by atoms with Crippen LogP contribution in [0.3, 0.4) is 0 Å². The number of aromatic nitrogens is 4. The fourth-order valence-corrected chi connectivity index (χ4v) is 5.31. The first kappa shape index (κ1) is 21.4. The van der Waals surface area contributed by atoms with E-state index in [1.165, 1.54) is 17.3 Å². The highest BCUT2D eigenvalue weighted by Crippen LogP contribution is 2.41. The first-order valence-electron chi connectivity index (χ1n) is 11.6. The molecule has 10 heteroatoms. The van der Waals surface area contributed by atoms with Crippen molar-refractivity contribution in [2.45, 2.75) is 30.6 Å². The van der Waals surface area contributed by atoms with Gasteiger partial charge in [-0.1, -0.05) is 17.8 Å². The number of benzene rings is 1. The van der Waals surface area contributed by atoms with E-state index in [2.05, 4.69) is 30.7 Å². The molecule has 0 radical (unpaired) electrons. The lowest BCUT2D eigenvalue weighted by Crippen LogP contribution is -2.48. The molecule has 34 heavy (non-hydrogen) atoms. The predicted octanol–water partition coefficient (Wildman–Crippen LogP) is 2.84. The Bertz CT molecular complexity index is 1170. The van der Waals surface area contributed by atoms with Crippen molar-refractivity contribution >= 4 is 17.7 Å². The van der Waals surface area contributed by atoms with Crippen LogP contribution < -0.4 is 9.47 Å². The molecule has 1 saturated heterocycles. The zero-order valence-corrected chi connectivity index (χ0v) is 19.6. The minimum Gasteiger partial charge on any atom is -0.454 e. The third-order valence-electron chi connectivity index (χ3n) is 6.39. The standard InChI is InChI=1S/C24H26N6O3S/c31-22(15-34-24-27-26-23(30(24)19-4-5-19)18-2-1-7-25-13-18)29-10-8-28(9-11-29)14-17-3-6-20-21(12-17)33-16-32-20/h1-3,6-7,12-13,19H,4-5,8-11,14-16H2. The van der Waals surface area contributed by atoms with Crippen molar-refractivity contribution in [2.24, 2.45) is 0 Å². The van der Waals surface area contributed by atoms with Gasteiger partial charge in [-0.3, -0.25) is 19.2 Å². The van der Waals surface area contributed by atoms with E-state index in [1.54, 1.807) is 6.20 Å². The highest BCUT2D eigenvalue weighted by Gasteiger charge is 2.31. The predicted molar refractivity (Wildman–Crippen MR) is 127 cm³/mol. The SMILES string of the molecule is O=C(CSc1nnc(-c2cccnc2)n1C1CC1)N1CCN(Cc2ccc3c(c2)OCO3)CC1. The normalized spacial score (nSPS) is 17.8. The van der Waals surface area contributed by atoms with Crippen LogP contribution in [0, 0.1) is 0 Å². The second kappa shape index (κ2) is 9.27. The molecular formula is C24H26N6O3S. The Morgan fingerprint density at radius 3 is 2.71 bits per heavy atom. The summed E-state index contributed by atoms with van der Waals surface area (Å²) in [6.07, 6.45) is 5.81. The van der Waals surface area contributed by atoms with Gasteiger partial charge in [-0.2, -0.15) is 0 Å². The number of nitrogens with zero attached hydrogens (tertiary/aromatic N) is 6. The van der Waals surface area contributed by atoms with Crippen molar-refractivity contribution in [1.82, 2.24) is 29.5 Å². The third kappa shape index (κ3) is 4.47. The maximum atomic E-state index is 12.9. The summed E-state index contributed by atoms with van der Waals surface area (Å²) in [5, 5.41) is 9.63. The van der Waals surface area contributed by atoms with Gasteiger partial charge in [0.15, 0.2) is 22.5 Å². The monoisotopic (exact) mass is 478 g/mol. The lowest BCUT2D eigenvalue weighted by atomic mass is 10.1. The van der Waals surface area contributed by atoms with Crippen molar-refractivity contribution in [3.8, 4) is 22.9 Å². The molecule has 0 N–H and O–H groups in total. The van der Waals surface area contributed by atoms with Crippen molar-refractivity contribution in [1.29, 1.82) is 0 Å². The maximum Gasteiger partial charge on any atom is 0.233 e. The third-order valence-corrected chi connectivity index (χ3v) is 7.32.